The van der Waals surface area contributed by atoms with Crippen LogP contribution >= 0.6 is 0 Å². The van der Waals surface area contributed by atoms with E-state index in [2.05, 4.69) is 10.6 Å². The Morgan fingerprint density at radius 3 is 2.62 bits per heavy atom. The summed E-state index contributed by atoms with van der Waals surface area (Å²) in [6.07, 6.45) is 1.97. The molecule has 1 aliphatic rings. The maximum absolute atomic E-state index is 12.4. The van der Waals surface area contributed by atoms with Crippen molar-refractivity contribution in [2.75, 3.05) is 5.32 Å². The third-order valence-electron chi connectivity index (χ3n) is 4.23. The van der Waals surface area contributed by atoms with E-state index >= 15 is 0 Å². The highest BCUT2D eigenvalue weighted by Crippen LogP contribution is 2.21. The van der Waals surface area contributed by atoms with Crippen molar-refractivity contribution in [1.82, 2.24) is 9.88 Å². The number of amides is 2. The van der Waals surface area contributed by atoms with Gasteiger partial charge in [0.15, 0.2) is 5.58 Å². The van der Waals surface area contributed by atoms with Gasteiger partial charge in [0.2, 0.25) is 5.91 Å². The Morgan fingerprint density at radius 1 is 1.08 bits per heavy atom. The molecule has 3 aromatic rings. The molecule has 0 spiro atoms. The summed E-state index contributed by atoms with van der Waals surface area (Å²) >= 11 is 0. The predicted octanol–water partition coefficient (Wildman–Crippen LogP) is 2.13. The summed E-state index contributed by atoms with van der Waals surface area (Å²) in [7, 11) is 0. The van der Waals surface area contributed by atoms with E-state index in [9.17, 15) is 14.4 Å². The number of hydrogen-bond donors (Lipinski definition) is 2. The van der Waals surface area contributed by atoms with E-state index in [0.717, 1.165) is 12.8 Å². The third-order valence-corrected chi connectivity index (χ3v) is 4.23. The molecule has 0 saturated heterocycles. The summed E-state index contributed by atoms with van der Waals surface area (Å²) in [5.41, 5.74) is 1.79. The summed E-state index contributed by atoms with van der Waals surface area (Å²) in [5.74, 6) is -1.22. The number of fused-ring (bicyclic) bond motifs is 1. The first-order chi connectivity index (χ1) is 12.6. The molecule has 4 rings (SSSR count). The molecule has 132 valence electrons. The molecule has 1 heterocycles. The van der Waals surface area contributed by atoms with E-state index in [1.54, 1.807) is 48.5 Å². The van der Waals surface area contributed by atoms with Gasteiger partial charge in [-0.05, 0) is 37.1 Å². The Balaban J connectivity index is 1.54. The average molecular weight is 351 g/mol. The van der Waals surface area contributed by atoms with Gasteiger partial charge in [0, 0.05) is 6.04 Å². The van der Waals surface area contributed by atoms with Gasteiger partial charge >= 0.3 is 5.76 Å². The zero-order valence-corrected chi connectivity index (χ0v) is 13.9. The smallest absolute Gasteiger partial charge is 0.408 e. The van der Waals surface area contributed by atoms with Gasteiger partial charge in [-0.3, -0.25) is 14.2 Å². The van der Waals surface area contributed by atoms with Crippen molar-refractivity contribution in [3.05, 3.63) is 64.6 Å². The van der Waals surface area contributed by atoms with Gasteiger partial charge < -0.3 is 15.1 Å². The number of aromatic nitrogens is 1. The maximum atomic E-state index is 12.4. The van der Waals surface area contributed by atoms with E-state index < -0.39 is 11.7 Å². The average Bonchev–Trinajstić information content (AvgIpc) is 3.39. The zero-order chi connectivity index (χ0) is 18.1. The molecule has 0 bridgehead atoms. The monoisotopic (exact) mass is 351 g/mol. The first-order valence-corrected chi connectivity index (χ1v) is 8.40. The van der Waals surface area contributed by atoms with Gasteiger partial charge in [-0.2, -0.15) is 0 Å². The van der Waals surface area contributed by atoms with Crippen LogP contribution < -0.4 is 16.4 Å². The first kappa shape index (κ1) is 16.1. The second kappa shape index (κ2) is 6.51. The molecule has 7 heteroatoms. The van der Waals surface area contributed by atoms with Crippen LogP contribution in [0, 0.1) is 0 Å². The lowest BCUT2D eigenvalue weighted by molar-refractivity contribution is -0.116. The standard InChI is InChI=1S/C19H17N3O4/c23-17(11-22-15-7-3-4-8-16(15)26-19(22)25)21-14-6-2-1-5-13(14)18(24)20-12-9-10-12/h1-8,12H,9-11H2,(H,20,24)(H,21,23). The third kappa shape index (κ3) is 3.23. The molecule has 1 aliphatic carbocycles. The van der Waals surface area contributed by atoms with E-state index in [-0.39, 0.29) is 18.5 Å². The van der Waals surface area contributed by atoms with Crippen molar-refractivity contribution in [2.24, 2.45) is 0 Å². The van der Waals surface area contributed by atoms with Crippen LogP contribution in [0.3, 0.4) is 0 Å². The van der Waals surface area contributed by atoms with Gasteiger partial charge in [-0.25, -0.2) is 4.79 Å². The molecule has 1 saturated carbocycles. The topological polar surface area (TPSA) is 93.3 Å². The zero-order valence-electron chi connectivity index (χ0n) is 13.9. The Labute approximate surface area is 148 Å². The van der Waals surface area contributed by atoms with E-state index in [0.29, 0.717) is 22.4 Å². The Bertz CT molecular complexity index is 1050. The second-order valence-electron chi connectivity index (χ2n) is 6.26. The minimum absolute atomic E-state index is 0.200. The second-order valence-corrected chi connectivity index (χ2v) is 6.26. The van der Waals surface area contributed by atoms with Crippen molar-refractivity contribution in [3.8, 4) is 0 Å². The van der Waals surface area contributed by atoms with E-state index in [1.165, 1.54) is 4.57 Å². The minimum Gasteiger partial charge on any atom is -0.408 e. The van der Waals surface area contributed by atoms with Crippen LogP contribution in [-0.4, -0.2) is 22.4 Å². The molecular weight excluding hydrogens is 334 g/mol. The van der Waals surface area contributed by atoms with Crippen LogP contribution in [0.5, 0.6) is 0 Å². The number of benzene rings is 2. The molecule has 1 fully saturated rings. The van der Waals surface area contributed by atoms with Crippen LogP contribution in [-0.2, 0) is 11.3 Å². The summed E-state index contributed by atoms with van der Waals surface area (Å²) in [4.78, 5) is 36.7. The molecule has 2 amide bonds. The quantitative estimate of drug-likeness (QED) is 0.736. The van der Waals surface area contributed by atoms with Crippen LogP contribution in [0.4, 0.5) is 5.69 Å². The number of hydrogen-bond acceptors (Lipinski definition) is 4. The van der Waals surface area contributed by atoms with Gasteiger partial charge in [-0.1, -0.05) is 24.3 Å². The van der Waals surface area contributed by atoms with Gasteiger partial charge in [0.25, 0.3) is 5.91 Å². The van der Waals surface area contributed by atoms with Crippen molar-refractivity contribution < 1.29 is 14.0 Å². The molecule has 7 nitrogen and oxygen atoms in total. The normalized spacial score (nSPS) is 13.5. The van der Waals surface area contributed by atoms with E-state index in [1.807, 2.05) is 0 Å². The number of nitrogens with zero attached hydrogens (tertiary/aromatic N) is 1. The molecule has 0 unspecified atom stereocenters. The van der Waals surface area contributed by atoms with Crippen LogP contribution in [0.1, 0.15) is 23.2 Å². The van der Waals surface area contributed by atoms with Crippen molar-refractivity contribution in [1.29, 1.82) is 0 Å². The number of carbonyl (C=O) groups is 2. The van der Waals surface area contributed by atoms with Crippen LogP contribution in [0.15, 0.2) is 57.7 Å². The first-order valence-electron chi connectivity index (χ1n) is 8.40. The highest BCUT2D eigenvalue weighted by molar-refractivity contribution is 6.04. The minimum atomic E-state index is -0.596. The van der Waals surface area contributed by atoms with Crippen LogP contribution in [0.2, 0.25) is 0 Å². The van der Waals surface area contributed by atoms with Gasteiger partial charge in [0.05, 0.1) is 16.8 Å². The SMILES string of the molecule is O=C(Cn1c(=O)oc2ccccc21)Nc1ccccc1C(=O)NC1CC1. The van der Waals surface area contributed by atoms with Crippen molar-refractivity contribution in [2.45, 2.75) is 25.4 Å². The fourth-order valence-electron chi connectivity index (χ4n) is 2.78. The summed E-state index contributed by atoms with van der Waals surface area (Å²) < 4.78 is 6.39. The van der Waals surface area contributed by atoms with Crippen LogP contribution in [0.25, 0.3) is 11.1 Å². The Kier molecular flexibility index (Phi) is 4.04. The fourth-order valence-corrected chi connectivity index (χ4v) is 2.78. The number of para-hydroxylation sites is 3. The highest BCUT2D eigenvalue weighted by atomic mass is 16.4. The highest BCUT2D eigenvalue weighted by Gasteiger charge is 2.25. The number of rotatable bonds is 5. The Hall–Kier alpha value is -3.35. The van der Waals surface area contributed by atoms with E-state index in [4.69, 9.17) is 4.42 Å². The largest absolute Gasteiger partial charge is 0.420 e. The summed E-state index contributed by atoms with van der Waals surface area (Å²) in [6, 6.07) is 13.9. The van der Waals surface area contributed by atoms with Gasteiger partial charge in [0.1, 0.15) is 6.54 Å². The lowest BCUT2D eigenvalue weighted by Crippen LogP contribution is -2.28. The van der Waals surface area contributed by atoms with Crippen molar-refractivity contribution in [3.63, 3.8) is 0 Å². The summed E-state index contributed by atoms with van der Waals surface area (Å²) in [6.45, 7) is -0.200. The number of carbonyl (C=O) groups excluding carboxylic acids is 2. The number of oxazole rings is 1. The van der Waals surface area contributed by atoms with Gasteiger partial charge in [-0.15, -0.1) is 0 Å². The Morgan fingerprint density at radius 2 is 1.81 bits per heavy atom. The summed E-state index contributed by atoms with van der Waals surface area (Å²) in [5, 5.41) is 5.62. The maximum Gasteiger partial charge on any atom is 0.420 e. The van der Waals surface area contributed by atoms with Crippen molar-refractivity contribution >= 4 is 28.6 Å². The molecule has 0 aliphatic heterocycles. The number of anilines is 1. The molecular formula is C19H17N3O4. The lowest BCUT2D eigenvalue weighted by Gasteiger charge is -2.11. The fraction of sp³-hybridized carbons (Fsp3) is 0.211. The molecule has 0 atom stereocenters. The number of nitrogens with one attached hydrogen (secondary N) is 2. The lowest BCUT2D eigenvalue weighted by atomic mass is 10.1. The predicted molar refractivity (Wildman–Crippen MR) is 96.0 cm³/mol. The molecule has 2 N–H and O–H groups in total. The molecule has 2 aromatic carbocycles. The molecule has 1 aromatic heterocycles. The molecule has 0 radical (unpaired) electrons. The molecule has 26 heavy (non-hydrogen) atoms.